The summed E-state index contributed by atoms with van der Waals surface area (Å²) in [7, 11) is 0. The summed E-state index contributed by atoms with van der Waals surface area (Å²) in [5.41, 5.74) is 2.97. The Bertz CT molecular complexity index is 975. The number of hydrogen-bond donors (Lipinski definition) is 4. The number of carbonyl (C=O) groups is 1. The average molecular weight is 406 g/mol. The van der Waals surface area contributed by atoms with Crippen molar-refractivity contribution in [1.29, 1.82) is 0 Å². The summed E-state index contributed by atoms with van der Waals surface area (Å²) in [4.78, 5) is 21.2. The van der Waals surface area contributed by atoms with Crippen molar-refractivity contribution in [3.05, 3.63) is 71.9 Å². The lowest BCUT2D eigenvalue weighted by Crippen LogP contribution is -2.30. The lowest BCUT2D eigenvalue weighted by molar-refractivity contribution is 0.102. The van der Waals surface area contributed by atoms with E-state index in [0.717, 1.165) is 16.9 Å². The van der Waals surface area contributed by atoms with Gasteiger partial charge in [-0.3, -0.25) is 4.79 Å². The molecule has 3 aromatic rings. The van der Waals surface area contributed by atoms with E-state index in [2.05, 4.69) is 25.9 Å². The maximum atomic E-state index is 12.4. The molecule has 7 nitrogen and oxygen atoms in total. The van der Waals surface area contributed by atoms with E-state index >= 15 is 0 Å². The largest absolute Gasteiger partial charge is 0.394 e. The highest BCUT2D eigenvalue weighted by Crippen LogP contribution is 2.20. The Kier molecular flexibility index (Phi) is 6.98. The molecule has 4 N–H and O–H groups in total. The van der Waals surface area contributed by atoms with Gasteiger partial charge >= 0.3 is 0 Å². The van der Waals surface area contributed by atoms with E-state index in [9.17, 15) is 9.90 Å². The van der Waals surface area contributed by atoms with Crippen molar-refractivity contribution in [3.63, 3.8) is 0 Å². The summed E-state index contributed by atoms with van der Waals surface area (Å²) in [6, 6.07) is 16.3. The van der Waals surface area contributed by atoms with E-state index < -0.39 is 0 Å². The van der Waals surface area contributed by atoms with Crippen molar-refractivity contribution in [2.45, 2.75) is 26.8 Å². The third-order valence-electron chi connectivity index (χ3n) is 4.73. The Morgan fingerprint density at radius 3 is 2.37 bits per heavy atom. The number of aliphatic hydroxyl groups is 1. The fourth-order valence-electron chi connectivity index (χ4n) is 2.81. The van der Waals surface area contributed by atoms with E-state index in [-0.39, 0.29) is 24.5 Å². The normalized spacial score (nSPS) is 11.8. The van der Waals surface area contributed by atoms with Gasteiger partial charge in [-0.15, -0.1) is 0 Å². The first-order chi connectivity index (χ1) is 14.5. The van der Waals surface area contributed by atoms with Crippen molar-refractivity contribution < 1.29 is 9.90 Å². The minimum Gasteiger partial charge on any atom is -0.394 e. The van der Waals surface area contributed by atoms with E-state index in [1.807, 2.05) is 51.1 Å². The molecule has 0 spiro atoms. The number of nitrogens with zero attached hydrogens (tertiary/aromatic N) is 2. The van der Waals surface area contributed by atoms with Crippen molar-refractivity contribution in [3.8, 4) is 0 Å². The van der Waals surface area contributed by atoms with Crippen molar-refractivity contribution in [2.75, 3.05) is 22.6 Å². The molecule has 0 bridgehead atoms. The first-order valence-corrected chi connectivity index (χ1v) is 9.91. The van der Waals surface area contributed by atoms with Crippen molar-refractivity contribution in [1.82, 2.24) is 9.97 Å². The molecule has 0 aliphatic carbocycles. The van der Waals surface area contributed by atoms with Gasteiger partial charge in [-0.1, -0.05) is 32.0 Å². The van der Waals surface area contributed by atoms with Crippen LogP contribution in [0.4, 0.5) is 23.1 Å². The Morgan fingerprint density at radius 1 is 1.03 bits per heavy atom. The van der Waals surface area contributed by atoms with Gasteiger partial charge in [0.25, 0.3) is 5.91 Å². The standard InChI is InChI=1S/C23H27N5O2/c1-15(2)20(14-29)27-21-16(3)13-24-23(28-21)26-19-11-9-17(10-12-19)22(30)25-18-7-5-4-6-8-18/h4-13,15,20,29H,14H2,1-3H3,(H,25,30)(H2,24,26,27,28)/t20-/m0/s1. The van der Waals surface area contributed by atoms with Gasteiger partial charge in [0.2, 0.25) is 5.95 Å². The highest BCUT2D eigenvalue weighted by atomic mass is 16.3. The summed E-state index contributed by atoms with van der Waals surface area (Å²) >= 11 is 0. The molecule has 1 aromatic heterocycles. The number of benzene rings is 2. The van der Waals surface area contributed by atoms with Gasteiger partial charge in [0.05, 0.1) is 12.6 Å². The second kappa shape index (κ2) is 9.84. The number of hydrogen-bond acceptors (Lipinski definition) is 6. The van der Waals surface area contributed by atoms with E-state index in [1.165, 1.54) is 0 Å². The number of aromatic nitrogens is 2. The molecule has 0 fully saturated rings. The fraction of sp³-hybridized carbons (Fsp3) is 0.261. The number of aliphatic hydroxyl groups excluding tert-OH is 1. The quantitative estimate of drug-likeness (QED) is 0.448. The zero-order chi connectivity index (χ0) is 21.5. The predicted molar refractivity (Wildman–Crippen MR) is 120 cm³/mol. The lowest BCUT2D eigenvalue weighted by Gasteiger charge is -2.21. The smallest absolute Gasteiger partial charge is 0.255 e. The van der Waals surface area contributed by atoms with Crippen LogP contribution in [0.15, 0.2) is 60.8 Å². The monoisotopic (exact) mass is 405 g/mol. The van der Waals surface area contributed by atoms with Crippen LogP contribution in [0.5, 0.6) is 0 Å². The number of amides is 1. The van der Waals surface area contributed by atoms with E-state index in [4.69, 9.17) is 0 Å². The number of carbonyl (C=O) groups excluding carboxylic acids is 1. The highest BCUT2D eigenvalue weighted by molar-refractivity contribution is 6.04. The maximum absolute atomic E-state index is 12.4. The molecule has 0 saturated heterocycles. The second-order valence-electron chi connectivity index (χ2n) is 7.43. The van der Waals surface area contributed by atoms with Gasteiger partial charge in [0.1, 0.15) is 5.82 Å². The molecule has 1 amide bonds. The molecule has 2 aromatic carbocycles. The Morgan fingerprint density at radius 2 is 1.73 bits per heavy atom. The molecular formula is C23H27N5O2. The summed E-state index contributed by atoms with van der Waals surface area (Å²) in [5.74, 6) is 1.20. The molecule has 7 heteroatoms. The molecule has 3 rings (SSSR count). The summed E-state index contributed by atoms with van der Waals surface area (Å²) < 4.78 is 0. The zero-order valence-electron chi connectivity index (χ0n) is 17.4. The SMILES string of the molecule is Cc1cnc(Nc2ccc(C(=O)Nc3ccccc3)cc2)nc1N[C@@H](CO)C(C)C. The third-order valence-corrected chi connectivity index (χ3v) is 4.73. The molecule has 0 radical (unpaired) electrons. The van der Waals surface area contributed by atoms with E-state index in [0.29, 0.717) is 17.3 Å². The number of aryl methyl sites for hydroxylation is 1. The summed E-state index contributed by atoms with van der Waals surface area (Å²) in [6.45, 7) is 6.02. The molecule has 1 heterocycles. The number of rotatable bonds is 8. The minimum absolute atomic E-state index is 0.0242. The van der Waals surface area contributed by atoms with Gasteiger partial charge in [0.15, 0.2) is 0 Å². The van der Waals surface area contributed by atoms with Crippen LogP contribution in [0.25, 0.3) is 0 Å². The zero-order valence-corrected chi connectivity index (χ0v) is 17.4. The Hall–Kier alpha value is -3.45. The van der Waals surface area contributed by atoms with Gasteiger partial charge in [-0.05, 0) is 49.2 Å². The number of nitrogens with one attached hydrogen (secondary N) is 3. The summed E-state index contributed by atoms with van der Waals surface area (Å²) in [5, 5.41) is 18.9. The number of para-hydroxylation sites is 1. The van der Waals surface area contributed by atoms with Crippen LogP contribution >= 0.6 is 0 Å². The molecule has 0 aliphatic heterocycles. The summed E-state index contributed by atoms with van der Waals surface area (Å²) in [6.07, 6.45) is 1.73. The molecule has 0 aliphatic rings. The van der Waals surface area contributed by atoms with Crippen LogP contribution in [0.2, 0.25) is 0 Å². The minimum atomic E-state index is -0.172. The predicted octanol–water partition coefficient (Wildman–Crippen LogP) is 4.21. The average Bonchev–Trinajstić information content (AvgIpc) is 2.75. The Balaban J connectivity index is 1.68. The first-order valence-electron chi connectivity index (χ1n) is 9.91. The Labute approximate surface area is 176 Å². The second-order valence-corrected chi connectivity index (χ2v) is 7.43. The molecular weight excluding hydrogens is 378 g/mol. The van der Waals surface area contributed by atoms with Gasteiger partial charge in [-0.2, -0.15) is 4.98 Å². The first kappa shape index (κ1) is 21.3. The molecule has 0 unspecified atom stereocenters. The highest BCUT2D eigenvalue weighted by Gasteiger charge is 2.14. The van der Waals surface area contributed by atoms with E-state index in [1.54, 1.807) is 30.5 Å². The van der Waals surface area contributed by atoms with Gasteiger partial charge in [-0.25, -0.2) is 4.98 Å². The van der Waals surface area contributed by atoms with Crippen LogP contribution in [0.3, 0.4) is 0 Å². The van der Waals surface area contributed by atoms with Crippen molar-refractivity contribution >= 4 is 29.0 Å². The molecule has 0 saturated carbocycles. The van der Waals surface area contributed by atoms with Crippen LogP contribution in [-0.4, -0.2) is 33.6 Å². The number of anilines is 4. The molecule has 156 valence electrons. The maximum Gasteiger partial charge on any atom is 0.255 e. The fourth-order valence-corrected chi connectivity index (χ4v) is 2.81. The van der Waals surface area contributed by atoms with Crippen LogP contribution in [-0.2, 0) is 0 Å². The van der Waals surface area contributed by atoms with Crippen LogP contribution in [0.1, 0.15) is 29.8 Å². The van der Waals surface area contributed by atoms with Crippen LogP contribution < -0.4 is 16.0 Å². The van der Waals surface area contributed by atoms with Crippen LogP contribution in [0, 0.1) is 12.8 Å². The third kappa shape index (κ3) is 5.55. The molecule has 1 atom stereocenters. The lowest BCUT2D eigenvalue weighted by atomic mass is 10.1. The topological polar surface area (TPSA) is 99.2 Å². The van der Waals surface area contributed by atoms with Gasteiger partial charge < -0.3 is 21.1 Å². The van der Waals surface area contributed by atoms with Crippen molar-refractivity contribution in [2.24, 2.45) is 5.92 Å². The van der Waals surface area contributed by atoms with Gasteiger partial charge in [0, 0.05) is 28.7 Å². The molecule has 30 heavy (non-hydrogen) atoms.